The SMILES string of the molecule is CCCC(C#N)(CCC)C(=O)NC(C)c1ccco1. The van der Waals surface area contributed by atoms with Crippen molar-refractivity contribution in [3.63, 3.8) is 0 Å². The highest BCUT2D eigenvalue weighted by Gasteiger charge is 2.37. The number of hydrogen-bond donors (Lipinski definition) is 1. The van der Waals surface area contributed by atoms with Crippen LogP contribution in [0.5, 0.6) is 0 Å². The van der Waals surface area contributed by atoms with Crippen molar-refractivity contribution in [3.05, 3.63) is 24.2 Å². The Balaban J connectivity index is 2.80. The highest BCUT2D eigenvalue weighted by Crippen LogP contribution is 2.30. The first-order chi connectivity index (χ1) is 9.09. The normalized spacial score (nSPS) is 12.7. The summed E-state index contributed by atoms with van der Waals surface area (Å²) in [5, 5.41) is 12.3. The number of nitriles is 1. The van der Waals surface area contributed by atoms with Crippen LogP contribution in [0.3, 0.4) is 0 Å². The van der Waals surface area contributed by atoms with E-state index in [2.05, 4.69) is 11.4 Å². The highest BCUT2D eigenvalue weighted by molar-refractivity contribution is 5.85. The minimum Gasteiger partial charge on any atom is -0.467 e. The Kier molecular flexibility index (Phi) is 5.62. The molecule has 0 aromatic carbocycles. The first-order valence-corrected chi connectivity index (χ1v) is 6.85. The van der Waals surface area contributed by atoms with Gasteiger partial charge in [-0.3, -0.25) is 4.79 Å². The molecular weight excluding hydrogens is 240 g/mol. The summed E-state index contributed by atoms with van der Waals surface area (Å²) in [6.45, 7) is 5.84. The fourth-order valence-electron chi connectivity index (χ4n) is 2.31. The Morgan fingerprint density at radius 2 is 2.11 bits per heavy atom. The molecule has 104 valence electrons. The van der Waals surface area contributed by atoms with E-state index in [4.69, 9.17) is 4.42 Å². The molecule has 1 atom stereocenters. The molecule has 4 nitrogen and oxygen atoms in total. The fourth-order valence-corrected chi connectivity index (χ4v) is 2.31. The average Bonchev–Trinajstić information content (AvgIpc) is 2.92. The third-order valence-corrected chi connectivity index (χ3v) is 3.32. The summed E-state index contributed by atoms with van der Waals surface area (Å²) >= 11 is 0. The largest absolute Gasteiger partial charge is 0.467 e. The van der Waals surface area contributed by atoms with E-state index >= 15 is 0 Å². The second-order valence-corrected chi connectivity index (χ2v) is 4.90. The average molecular weight is 262 g/mol. The zero-order valence-corrected chi connectivity index (χ0v) is 11.9. The Labute approximate surface area is 114 Å². The molecule has 1 aromatic rings. The molecule has 0 radical (unpaired) electrons. The Hall–Kier alpha value is -1.76. The molecule has 1 aromatic heterocycles. The van der Waals surface area contributed by atoms with E-state index in [0.29, 0.717) is 18.6 Å². The summed E-state index contributed by atoms with van der Waals surface area (Å²) in [7, 11) is 0. The van der Waals surface area contributed by atoms with Crippen molar-refractivity contribution in [1.29, 1.82) is 5.26 Å². The minimum atomic E-state index is -0.912. The van der Waals surface area contributed by atoms with Gasteiger partial charge in [0.1, 0.15) is 11.2 Å². The van der Waals surface area contributed by atoms with Gasteiger partial charge in [-0.1, -0.05) is 26.7 Å². The van der Waals surface area contributed by atoms with Crippen LogP contribution in [-0.2, 0) is 4.79 Å². The second kappa shape index (κ2) is 6.98. The van der Waals surface area contributed by atoms with Gasteiger partial charge in [0.05, 0.1) is 18.4 Å². The Morgan fingerprint density at radius 3 is 2.53 bits per heavy atom. The summed E-state index contributed by atoms with van der Waals surface area (Å²) < 4.78 is 5.26. The third-order valence-electron chi connectivity index (χ3n) is 3.32. The van der Waals surface area contributed by atoms with Crippen LogP contribution in [-0.4, -0.2) is 5.91 Å². The molecule has 1 rings (SSSR count). The summed E-state index contributed by atoms with van der Waals surface area (Å²) in [6, 6.07) is 5.61. The van der Waals surface area contributed by atoms with Crippen LogP contribution in [0, 0.1) is 16.7 Å². The van der Waals surface area contributed by atoms with Crippen LogP contribution in [0.15, 0.2) is 22.8 Å². The number of amides is 1. The van der Waals surface area contributed by atoms with Gasteiger partial charge < -0.3 is 9.73 Å². The van der Waals surface area contributed by atoms with Gasteiger partial charge >= 0.3 is 0 Å². The lowest BCUT2D eigenvalue weighted by Crippen LogP contribution is -2.41. The summed E-state index contributed by atoms with van der Waals surface area (Å²) in [4.78, 5) is 12.4. The van der Waals surface area contributed by atoms with Gasteiger partial charge in [0.2, 0.25) is 5.91 Å². The molecular formula is C15H22N2O2. The monoisotopic (exact) mass is 262 g/mol. The molecule has 1 heterocycles. The lowest BCUT2D eigenvalue weighted by atomic mass is 9.79. The van der Waals surface area contributed by atoms with Crippen molar-refractivity contribution in [2.75, 3.05) is 0 Å². The summed E-state index contributed by atoms with van der Waals surface area (Å²) in [5.74, 6) is 0.510. The topological polar surface area (TPSA) is 66.0 Å². The lowest BCUT2D eigenvalue weighted by Gasteiger charge is -2.26. The number of rotatable bonds is 7. The maximum atomic E-state index is 12.4. The third kappa shape index (κ3) is 3.60. The number of nitrogens with zero attached hydrogens (tertiary/aromatic N) is 1. The van der Waals surface area contributed by atoms with Gasteiger partial charge in [-0.25, -0.2) is 0 Å². The van der Waals surface area contributed by atoms with E-state index < -0.39 is 5.41 Å². The first-order valence-electron chi connectivity index (χ1n) is 6.85. The van der Waals surface area contributed by atoms with Crippen molar-refractivity contribution < 1.29 is 9.21 Å². The van der Waals surface area contributed by atoms with Crippen molar-refractivity contribution in [2.24, 2.45) is 5.41 Å². The number of carbonyl (C=O) groups is 1. The van der Waals surface area contributed by atoms with Crippen LogP contribution in [0.2, 0.25) is 0 Å². The van der Waals surface area contributed by atoms with Crippen molar-refractivity contribution >= 4 is 5.91 Å². The molecule has 1 amide bonds. The predicted octanol–water partition coefficient (Wildman–Crippen LogP) is 3.57. The van der Waals surface area contributed by atoms with E-state index in [1.54, 1.807) is 12.3 Å². The summed E-state index contributed by atoms with van der Waals surface area (Å²) in [5.41, 5.74) is -0.912. The zero-order chi connectivity index (χ0) is 14.3. The van der Waals surface area contributed by atoms with Crippen LogP contribution in [0.1, 0.15) is 58.3 Å². The molecule has 0 spiro atoms. The molecule has 19 heavy (non-hydrogen) atoms. The van der Waals surface area contributed by atoms with E-state index in [-0.39, 0.29) is 11.9 Å². The Bertz CT molecular complexity index is 425. The van der Waals surface area contributed by atoms with E-state index in [1.165, 1.54) is 0 Å². The number of furan rings is 1. The second-order valence-electron chi connectivity index (χ2n) is 4.90. The van der Waals surface area contributed by atoms with E-state index in [1.807, 2.05) is 26.8 Å². The number of hydrogen-bond acceptors (Lipinski definition) is 3. The lowest BCUT2D eigenvalue weighted by molar-refractivity contribution is -0.129. The molecule has 0 fully saturated rings. The molecule has 0 aliphatic heterocycles. The molecule has 1 unspecified atom stereocenters. The van der Waals surface area contributed by atoms with Gasteiger partial charge in [0, 0.05) is 0 Å². The first kappa shape index (κ1) is 15.3. The molecule has 4 heteroatoms. The van der Waals surface area contributed by atoms with Gasteiger partial charge in [-0.2, -0.15) is 5.26 Å². The maximum absolute atomic E-state index is 12.4. The van der Waals surface area contributed by atoms with Gasteiger partial charge in [-0.15, -0.1) is 0 Å². The van der Waals surface area contributed by atoms with Crippen molar-refractivity contribution in [3.8, 4) is 6.07 Å². The van der Waals surface area contributed by atoms with E-state index in [9.17, 15) is 10.1 Å². The van der Waals surface area contributed by atoms with Crippen LogP contribution >= 0.6 is 0 Å². The van der Waals surface area contributed by atoms with Gasteiger partial charge in [-0.05, 0) is 31.9 Å². The molecule has 1 N–H and O–H groups in total. The Morgan fingerprint density at radius 1 is 1.47 bits per heavy atom. The molecule has 0 aliphatic carbocycles. The van der Waals surface area contributed by atoms with Crippen molar-refractivity contribution in [1.82, 2.24) is 5.32 Å². The fraction of sp³-hybridized carbons (Fsp3) is 0.600. The van der Waals surface area contributed by atoms with Crippen molar-refractivity contribution in [2.45, 2.75) is 52.5 Å². The van der Waals surface area contributed by atoms with E-state index in [0.717, 1.165) is 12.8 Å². The van der Waals surface area contributed by atoms with Gasteiger partial charge in [0.15, 0.2) is 0 Å². The predicted molar refractivity (Wildman–Crippen MR) is 73.1 cm³/mol. The van der Waals surface area contributed by atoms with Crippen LogP contribution in [0.4, 0.5) is 0 Å². The maximum Gasteiger partial charge on any atom is 0.241 e. The van der Waals surface area contributed by atoms with Gasteiger partial charge in [0.25, 0.3) is 0 Å². The van der Waals surface area contributed by atoms with Crippen LogP contribution in [0.25, 0.3) is 0 Å². The zero-order valence-electron chi connectivity index (χ0n) is 11.9. The minimum absolute atomic E-state index is 0.192. The number of nitrogens with one attached hydrogen (secondary N) is 1. The summed E-state index contributed by atoms with van der Waals surface area (Å²) in [6.07, 6.45) is 4.39. The molecule has 0 saturated carbocycles. The standard InChI is InChI=1S/C15H22N2O2/c1-4-8-15(11-16,9-5-2)14(18)17-12(3)13-7-6-10-19-13/h6-7,10,12H,4-5,8-9H2,1-3H3,(H,17,18). The van der Waals surface area contributed by atoms with Crippen LogP contribution < -0.4 is 5.32 Å². The smallest absolute Gasteiger partial charge is 0.241 e. The quantitative estimate of drug-likeness (QED) is 0.817. The molecule has 0 aliphatic rings. The highest BCUT2D eigenvalue weighted by atomic mass is 16.3. The molecule has 0 saturated heterocycles. The number of carbonyl (C=O) groups excluding carboxylic acids is 1. The molecule has 0 bridgehead atoms.